The maximum Gasteiger partial charge on any atom is 0.270 e. The van der Waals surface area contributed by atoms with Gasteiger partial charge in [0.05, 0.1) is 0 Å². The molecular formula is C22H31F2N. The molecule has 1 aromatic rings. The second kappa shape index (κ2) is 9.55. The second-order valence-corrected chi connectivity index (χ2v) is 6.84. The highest BCUT2D eigenvalue weighted by atomic mass is 19.3. The van der Waals surface area contributed by atoms with Gasteiger partial charge >= 0.3 is 0 Å². The first-order valence-corrected chi connectivity index (χ1v) is 8.91. The Hall–Kier alpha value is -1.90. The van der Waals surface area contributed by atoms with E-state index < -0.39 is 5.92 Å². The molecule has 0 saturated carbocycles. The van der Waals surface area contributed by atoms with Crippen LogP contribution < -0.4 is 0 Å². The zero-order valence-electron chi connectivity index (χ0n) is 16.2. The summed E-state index contributed by atoms with van der Waals surface area (Å²) in [4.78, 5) is 2.24. The van der Waals surface area contributed by atoms with Crippen molar-refractivity contribution >= 4 is 5.57 Å². The van der Waals surface area contributed by atoms with Crippen LogP contribution in [0.2, 0.25) is 0 Å². The molecule has 0 radical (unpaired) electrons. The summed E-state index contributed by atoms with van der Waals surface area (Å²) in [5.41, 5.74) is 3.83. The van der Waals surface area contributed by atoms with Crippen molar-refractivity contribution in [1.29, 1.82) is 0 Å². The zero-order valence-corrected chi connectivity index (χ0v) is 16.2. The molecule has 3 heteroatoms. The molecule has 1 aromatic carbocycles. The molecule has 0 N–H and O–H groups in total. The number of rotatable bonds is 9. The van der Waals surface area contributed by atoms with Gasteiger partial charge in [0.15, 0.2) is 0 Å². The van der Waals surface area contributed by atoms with Gasteiger partial charge in [0, 0.05) is 31.8 Å². The number of allylic oxidation sites excluding steroid dienone is 4. The highest BCUT2D eigenvalue weighted by molar-refractivity contribution is 5.73. The predicted molar refractivity (Wildman–Crippen MR) is 105 cm³/mol. The fourth-order valence-corrected chi connectivity index (χ4v) is 2.66. The molecule has 0 bridgehead atoms. The Morgan fingerprint density at radius 1 is 1.20 bits per heavy atom. The van der Waals surface area contributed by atoms with Crippen LogP contribution in [0.1, 0.15) is 58.1 Å². The molecule has 1 rings (SSSR count). The van der Waals surface area contributed by atoms with E-state index in [1.165, 1.54) is 30.5 Å². The van der Waals surface area contributed by atoms with Crippen molar-refractivity contribution in [3.63, 3.8) is 0 Å². The second-order valence-electron chi connectivity index (χ2n) is 6.84. The van der Waals surface area contributed by atoms with E-state index in [1.807, 2.05) is 18.2 Å². The van der Waals surface area contributed by atoms with Gasteiger partial charge in [0.1, 0.15) is 0 Å². The van der Waals surface area contributed by atoms with Gasteiger partial charge in [-0.05, 0) is 43.5 Å². The molecule has 0 aliphatic carbocycles. The van der Waals surface area contributed by atoms with Gasteiger partial charge in [-0.1, -0.05) is 56.2 Å². The molecule has 0 aromatic heterocycles. The van der Waals surface area contributed by atoms with Crippen LogP contribution in [0.25, 0.3) is 5.57 Å². The topological polar surface area (TPSA) is 3.24 Å². The average Bonchev–Trinajstić information content (AvgIpc) is 2.54. The Morgan fingerprint density at radius 3 is 2.44 bits per heavy atom. The van der Waals surface area contributed by atoms with Crippen LogP contribution >= 0.6 is 0 Å². The van der Waals surface area contributed by atoms with Gasteiger partial charge in [-0.15, -0.1) is 0 Å². The molecule has 0 spiro atoms. The summed E-state index contributed by atoms with van der Waals surface area (Å²) in [5, 5.41) is 0. The minimum Gasteiger partial charge on any atom is -0.375 e. The quantitative estimate of drug-likeness (QED) is 0.351. The van der Waals surface area contributed by atoms with Crippen molar-refractivity contribution in [3.8, 4) is 0 Å². The van der Waals surface area contributed by atoms with E-state index in [0.29, 0.717) is 0 Å². The lowest BCUT2D eigenvalue weighted by Gasteiger charge is -2.22. The maximum atomic E-state index is 13.5. The molecule has 0 unspecified atom stereocenters. The van der Waals surface area contributed by atoms with E-state index in [1.54, 1.807) is 6.07 Å². The highest BCUT2D eigenvalue weighted by Gasteiger charge is 2.24. The van der Waals surface area contributed by atoms with E-state index in [9.17, 15) is 8.78 Å². The zero-order chi connectivity index (χ0) is 19.0. The molecule has 138 valence electrons. The van der Waals surface area contributed by atoms with Crippen LogP contribution in [0.3, 0.4) is 0 Å². The number of hydrogen-bond acceptors (Lipinski definition) is 1. The summed E-state index contributed by atoms with van der Waals surface area (Å²) in [6.45, 7) is 12.3. The summed E-state index contributed by atoms with van der Waals surface area (Å²) < 4.78 is 27.0. The number of halogens is 2. The van der Waals surface area contributed by atoms with E-state index in [4.69, 9.17) is 0 Å². The molecule has 25 heavy (non-hydrogen) atoms. The number of benzene rings is 1. The van der Waals surface area contributed by atoms with Crippen LogP contribution in [0, 0.1) is 0 Å². The van der Waals surface area contributed by atoms with Crippen molar-refractivity contribution < 1.29 is 8.78 Å². The number of hydrogen-bond donors (Lipinski definition) is 0. The smallest absolute Gasteiger partial charge is 0.270 e. The van der Waals surface area contributed by atoms with E-state index in [-0.39, 0.29) is 5.56 Å². The monoisotopic (exact) mass is 347 g/mol. The van der Waals surface area contributed by atoms with Crippen LogP contribution in [0.5, 0.6) is 0 Å². The van der Waals surface area contributed by atoms with E-state index >= 15 is 0 Å². The Morgan fingerprint density at radius 2 is 1.88 bits per heavy atom. The highest BCUT2D eigenvalue weighted by Crippen LogP contribution is 2.29. The lowest BCUT2D eigenvalue weighted by Crippen LogP contribution is -2.19. The Labute approximate surface area is 151 Å². The number of alkyl halides is 2. The molecule has 0 heterocycles. The first-order valence-electron chi connectivity index (χ1n) is 8.91. The summed E-state index contributed by atoms with van der Waals surface area (Å²) in [6.07, 6.45) is 7.51. The molecule has 0 amide bonds. The normalized spacial score (nSPS) is 11.6. The lowest BCUT2D eigenvalue weighted by molar-refractivity contribution is 0.0174. The van der Waals surface area contributed by atoms with Crippen molar-refractivity contribution in [2.24, 2.45) is 0 Å². The molecule has 0 aliphatic heterocycles. The third kappa shape index (κ3) is 6.85. The number of nitrogens with zero attached hydrogens (tertiary/aromatic N) is 1. The van der Waals surface area contributed by atoms with Gasteiger partial charge < -0.3 is 4.90 Å². The van der Waals surface area contributed by atoms with E-state index in [2.05, 4.69) is 39.3 Å². The first kappa shape index (κ1) is 21.1. The Bertz CT molecular complexity index is 632. The predicted octanol–water partition coefficient (Wildman–Crippen LogP) is 6.78. The number of likely N-dealkylation sites (N-methyl/N-ethyl adjacent to an activating group) is 1. The Balaban J connectivity index is 2.91. The van der Waals surface area contributed by atoms with Crippen molar-refractivity contribution in [1.82, 2.24) is 4.90 Å². The van der Waals surface area contributed by atoms with E-state index in [0.717, 1.165) is 36.7 Å². The molecular weight excluding hydrogens is 316 g/mol. The van der Waals surface area contributed by atoms with Crippen LogP contribution in [-0.4, -0.2) is 18.5 Å². The average molecular weight is 347 g/mol. The van der Waals surface area contributed by atoms with Gasteiger partial charge in [0.25, 0.3) is 5.92 Å². The van der Waals surface area contributed by atoms with Crippen molar-refractivity contribution in [3.05, 3.63) is 65.4 Å². The SMILES string of the molecule is C=C(/C=C\C(=C(C)C)N(C)CCCCC)c1cccc(C(C)(F)F)c1. The van der Waals surface area contributed by atoms with Gasteiger partial charge in [-0.25, -0.2) is 8.78 Å². The Kier molecular flexibility index (Phi) is 8.08. The number of unbranched alkanes of at least 4 members (excludes halogenated alkanes) is 2. The third-order valence-electron chi connectivity index (χ3n) is 4.20. The van der Waals surface area contributed by atoms with Gasteiger partial charge in [-0.2, -0.15) is 0 Å². The van der Waals surface area contributed by atoms with Crippen LogP contribution in [-0.2, 0) is 5.92 Å². The van der Waals surface area contributed by atoms with Gasteiger partial charge in [-0.3, -0.25) is 0 Å². The molecule has 0 aliphatic rings. The third-order valence-corrected chi connectivity index (χ3v) is 4.20. The standard InChI is InChI=1S/C22H31F2N/c1-7-8-9-15-25(6)21(17(2)3)14-13-18(4)19-11-10-12-20(16-19)22(5,23)24/h10-14,16H,4,7-9,15H2,1-3,5-6H3/b14-13-. The minimum atomic E-state index is -2.84. The molecule has 1 nitrogen and oxygen atoms in total. The van der Waals surface area contributed by atoms with Crippen LogP contribution in [0.4, 0.5) is 8.78 Å². The minimum absolute atomic E-state index is 0.0127. The van der Waals surface area contributed by atoms with Crippen molar-refractivity contribution in [2.75, 3.05) is 13.6 Å². The lowest BCUT2D eigenvalue weighted by atomic mass is 10.0. The maximum absolute atomic E-state index is 13.5. The molecule has 0 saturated heterocycles. The summed E-state index contributed by atoms with van der Waals surface area (Å²) >= 11 is 0. The summed E-state index contributed by atoms with van der Waals surface area (Å²) in [7, 11) is 2.09. The summed E-state index contributed by atoms with van der Waals surface area (Å²) in [6, 6.07) is 6.43. The largest absolute Gasteiger partial charge is 0.375 e. The molecule has 0 fully saturated rings. The first-order chi connectivity index (χ1) is 11.7. The van der Waals surface area contributed by atoms with Gasteiger partial charge in [0.2, 0.25) is 0 Å². The summed E-state index contributed by atoms with van der Waals surface area (Å²) in [5.74, 6) is -2.84. The van der Waals surface area contributed by atoms with Crippen LogP contribution in [0.15, 0.2) is 54.3 Å². The molecule has 0 atom stereocenters. The van der Waals surface area contributed by atoms with Crippen molar-refractivity contribution in [2.45, 2.75) is 52.9 Å². The fourth-order valence-electron chi connectivity index (χ4n) is 2.66. The fraction of sp³-hybridized carbons (Fsp3) is 0.455.